The van der Waals surface area contributed by atoms with Gasteiger partial charge in [0.1, 0.15) is 11.2 Å². The van der Waals surface area contributed by atoms with Crippen LogP contribution in [-0.4, -0.2) is 19.5 Å². The van der Waals surface area contributed by atoms with Crippen LogP contribution in [0.5, 0.6) is 0 Å². The van der Waals surface area contributed by atoms with Gasteiger partial charge < -0.3 is 8.98 Å². The summed E-state index contributed by atoms with van der Waals surface area (Å²) in [6.45, 7) is 0. The van der Waals surface area contributed by atoms with Gasteiger partial charge in [-0.3, -0.25) is 0 Å². The number of nitrogens with zero attached hydrogens (tertiary/aromatic N) is 4. The van der Waals surface area contributed by atoms with Gasteiger partial charge in [-0.1, -0.05) is 115 Å². The fourth-order valence-corrected chi connectivity index (χ4v) is 6.80. The zero-order valence-corrected chi connectivity index (χ0v) is 26.5. The maximum absolute atomic E-state index is 8.62. The quantitative estimate of drug-likeness (QED) is 0.187. The third-order valence-corrected chi connectivity index (χ3v) is 9.14. The van der Waals surface area contributed by atoms with E-state index >= 15 is 0 Å². The second-order valence-corrected chi connectivity index (χ2v) is 12.1. The summed E-state index contributed by atoms with van der Waals surface area (Å²) in [6, 6.07) is 44.6. The van der Waals surface area contributed by atoms with Crippen LogP contribution < -0.4 is 0 Å². The summed E-state index contributed by atoms with van der Waals surface area (Å²) in [6.07, 6.45) is 0. The van der Waals surface area contributed by atoms with Crippen molar-refractivity contribution in [2.24, 2.45) is 0 Å². The largest absolute Gasteiger partial charge is 0.456 e. The molecule has 0 unspecified atom stereocenters. The molecule has 0 aliphatic carbocycles. The van der Waals surface area contributed by atoms with Crippen LogP contribution in [0.2, 0.25) is 0 Å². The monoisotopic (exact) mass is 645 g/mol. The third-order valence-electron chi connectivity index (χ3n) is 9.14. The van der Waals surface area contributed by atoms with Crippen molar-refractivity contribution in [3.8, 4) is 51.0 Å². The highest BCUT2D eigenvalue weighted by Gasteiger charge is 2.17. The second kappa shape index (κ2) is 11.4. The van der Waals surface area contributed by atoms with Crippen LogP contribution in [0.25, 0.3) is 94.7 Å². The van der Waals surface area contributed by atoms with E-state index in [0.717, 1.165) is 38.6 Å². The Morgan fingerprint density at radius 3 is 1.86 bits per heavy atom. The van der Waals surface area contributed by atoms with Crippen LogP contribution in [-0.2, 0) is 0 Å². The lowest BCUT2D eigenvalue weighted by Crippen LogP contribution is -2.00. The average molecular weight is 646 g/mol. The molecule has 0 spiro atoms. The van der Waals surface area contributed by atoms with Crippen LogP contribution in [0.15, 0.2) is 174 Å². The molecule has 234 valence electrons. The van der Waals surface area contributed by atoms with Crippen LogP contribution in [0.1, 0.15) is 6.85 Å². The van der Waals surface area contributed by atoms with Gasteiger partial charge in [0.2, 0.25) is 0 Å². The molecule has 10 rings (SSSR count). The lowest BCUT2D eigenvalue weighted by molar-refractivity contribution is 0.668. The summed E-state index contributed by atoms with van der Waals surface area (Å²) < 4.78 is 50.6. The van der Waals surface area contributed by atoms with Gasteiger partial charge in [-0.2, -0.15) is 0 Å². The van der Waals surface area contributed by atoms with E-state index in [9.17, 15) is 0 Å². The zero-order chi connectivity index (χ0) is 37.4. The molecule has 7 aromatic carbocycles. The zero-order valence-electron chi connectivity index (χ0n) is 31.5. The number of para-hydroxylation sites is 1. The molecular formula is C45H28N4O. The first-order valence-corrected chi connectivity index (χ1v) is 16.3. The van der Waals surface area contributed by atoms with Gasteiger partial charge in [-0.15, -0.1) is 0 Å². The molecule has 0 aliphatic heterocycles. The molecule has 0 saturated heterocycles. The number of hydrogen-bond acceptors (Lipinski definition) is 4. The molecule has 0 bridgehead atoms. The highest BCUT2D eigenvalue weighted by molar-refractivity contribution is 6.11. The van der Waals surface area contributed by atoms with Gasteiger partial charge in [-0.05, 0) is 59.7 Å². The summed E-state index contributed by atoms with van der Waals surface area (Å²) in [5.41, 5.74) is 8.17. The van der Waals surface area contributed by atoms with Gasteiger partial charge in [0.15, 0.2) is 17.5 Å². The molecule has 5 nitrogen and oxygen atoms in total. The summed E-state index contributed by atoms with van der Waals surface area (Å²) in [5, 5.41) is 4.11. The SMILES string of the molecule is [2H]c1c([2H])c([2H])c(-c2nc(-c3ccccc3)nc(-c3ccc4oc5cc(-n6c7ccccc7c7cc(-c8ccccc8)ccc76)ccc5c4c3)n2)c([2H])c1[2H]. The molecule has 0 saturated carbocycles. The van der Waals surface area contributed by atoms with Crippen molar-refractivity contribution in [2.45, 2.75) is 0 Å². The minimum atomic E-state index is -0.480. The van der Waals surface area contributed by atoms with Gasteiger partial charge in [-0.25, -0.2) is 15.0 Å². The van der Waals surface area contributed by atoms with Crippen molar-refractivity contribution in [3.63, 3.8) is 0 Å². The Hall–Kier alpha value is -6.85. The molecule has 5 heteroatoms. The number of furan rings is 1. The first-order chi connectivity index (χ1) is 26.8. The maximum atomic E-state index is 8.62. The van der Waals surface area contributed by atoms with Crippen LogP contribution in [0.3, 0.4) is 0 Å². The van der Waals surface area contributed by atoms with Gasteiger partial charge >= 0.3 is 0 Å². The number of rotatable bonds is 5. The number of benzene rings is 7. The molecule has 0 N–H and O–H groups in total. The second-order valence-electron chi connectivity index (χ2n) is 12.1. The number of aromatic nitrogens is 4. The van der Waals surface area contributed by atoms with Crippen molar-refractivity contribution >= 4 is 43.7 Å². The van der Waals surface area contributed by atoms with E-state index in [0.29, 0.717) is 28.4 Å². The van der Waals surface area contributed by atoms with Crippen LogP contribution in [0.4, 0.5) is 0 Å². The molecule has 0 amide bonds. The Labute approximate surface area is 294 Å². The first-order valence-electron chi connectivity index (χ1n) is 18.8. The lowest BCUT2D eigenvalue weighted by Gasteiger charge is -2.09. The Balaban J connectivity index is 1.12. The lowest BCUT2D eigenvalue weighted by atomic mass is 10.0. The highest BCUT2D eigenvalue weighted by Crippen LogP contribution is 2.38. The minimum absolute atomic E-state index is 0.00953. The molecule has 3 heterocycles. The number of hydrogen-bond donors (Lipinski definition) is 0. The van der Waals surface area contributed by atoms with Crippen LogP contribution in [0, 0.1) is 0 Å². The molecule has 3 aromatic heterocycles. The van der Waals surface area contributed by atoms with Crippen molar-refractivity contribution in [3.05, 3.63) is 170 Å². The van der Waals surface area contributed by atoms with E-state index in [-0.39, 0.29) is 23.5 Å². The Kier molecular flexibility index (Phi) is 5.35. The fraction of sp³-hybridized carbons (Fsp3) is 0. The molecular weight excluding hydrogens is 613 g/mol. The average Bonchev–Trinajstić information content (AvgIpc) is 3.77. The predicted octanol–water partition coefficient (Wildman–Crippen LogP) is 11.5. The molecule has 0 fully saturated rings. The van der Waals surface area contributed by atoms with Crippen LogP contribution >= 0.6 is 0 Å². The van der Waals surface area contributed by atoms with E-state index in [2.05, 4.69) is 94.5 Å². The highest BCUT2D eigenvalue weighted by atomic mass is 16.3. The van der Waals surface area contributed by atoms with E-state index in [1.807, 2.05) is 54.6 Å². The minimum Gasteiger partial charge on any atom is -0.456 e. The van der Waals surface area contributed by atoms with Gasteiger partial charge in [0.25, 0.3) is 0 Å². The molecule has 0 atom stereocenters. The molecule has 0 aliphatic rings. The Morgan fingerprint density at radius 1 is 0.420 bits per heavy atom. The third kappa shape index (κ3) is 4.67. The van der Waals surface area contributed by atoms with Crippen molar-refractivity contribution < 1.29 is 11.3 Å². The van der Waals surface area contributed by atoms with Crippen molar-refractivity contribution in [1.82, 2.24) is 19.5 Å². The van der Waals surface area contributed by atoms with E-state index < -0.39 is 18.1 Å². The standard InChI is InChI=1S/C45H28N4O/c1-4-12-29(13-5-1)32-20-24-40-37(26-32)35-18-10-11-19-39(35)49(40)34-22-23-36-38-27-33(21-25-41(38)50-42(36)28-34)45-47-43(30-14-6-2-7-15-30)46-44(48-45)31-16-8-3-9-17-31/h1-28H/i2D,6D,7D,14D,15D. The normalized spacial score (nSPS) is 13.0. The maximum Gasteiger partial charge on any atom is 0.164 e. The molecule has 0 radical (unpaired) electrons. The van der Waals surface area contributed by atoms with Crippen molar-refractivity contribution in [2.75, 3.05) is 0 Å². The smallest absolute Gasteiger partial charge is 0.164 e. The molecule has 50 heavy (non-hydrogen) atoms. The van der Waals surface area contributed by atoms with E-state index in [4.69, 9.17) is 21.2 Å². The van der Waals surface area contributed by atoms with Gasteiger partial charge in [0.05, 0.1) is 17.9 Å². The van der Waals surface area contributed by atoms with Crippen molar-refractivity contribution in [1.29, 1.82) is 0 Å². The Morgan fingerprint density at radius 2 is 1.06 bits per heavy atom. The first kappa shape index (κ1) is 23.5. The van der Waals surface area contributed by atoms with E-state index in [1.165, 1.54) is 16.3 Å². The summed E-state index contributed by atoms with van der Waals surface area (Å²) in [7, 11) is 0. The fourth-order valence-electron chi connectivity index (χ4n) is 6.80. The number of fused-ring (bicyclic) bond motifs is 6. The topological polar surface area (TPSA) is 56.7 Å². The summed E-state index contributed by atoms with van der Waals surface area (Å²) >= 11 is 0. The predicted molar refractivity (Wildman–Crippen MR) is 203 cm³/mol. The summed E-state index contributed by atoms with van der Waals surface area (Å²) in [4.78, 5) is 14.1. The van der Waals surface area contributed by atoms with E-state index in [1.54, 1.807) is 0 Å². The Bertz CT molecular complexity index is 3130. The van der Waals surface area contributed by atoms with Gasteiger partial charge in [0, 0.05) is 50.0 Å². The summed E-state index contributed by atoms with van der Waals surface area (Å²) in [5.74, 6) is 0.602. The molecule has 10 aromatic rings.